The number of para-hydroxylation sites is 2. The number of fused-ring (bicyclic) bond motifs is 1. The number of nitrogens with one attached hydrogen (secondary N) is 1. The van der Waals surface area contributed by atoms with E-state index >= 15 is 0 Å². The quantitative estimate of drug-likeness (QED) is 0.773. The van der Waals surface area contributed by atoms with Crippen molar-refractivity contribution in [2.75, 3.05) is 12.4 Å². The summed E-state index contributed by atoms with van der Waals surface area (Å²) in [6.07, 6.45) is 0. The lowest BCUT2D eigenvalue weighted by molar-refractivity contribution is 0.832. The van der Waals surface area contributed by atoms with E-state index in [0.717, 1.165) is 23.5 Å². The lowest BCUT2D eigenvalue weighted by Gasteiger charge is -2.09. The van der Waals surface area contributed by atoms with Gasteiger partial charge in [0.15, 0.2) is 0 Å². The zero-order chi connectivity index (χ0) is 13.2. The molecule has 0 atom stereocenters. The second-order valence-electron chi connectivity index (χ2n) is 4.75. The molecule has 0 fully saturated rings. The van der Waals surface area contributed by atoms with Gasteiger partial charge in [-0.05, 0) is 24.6 Å². The van der Waals surface area contributed by atoms with Crippen molar-refractivity contribution < 1.29 is 0 Å². The Morgan fingerprint density at radius 1 is 1.05 bits per heavy atom. The molecule has 3 rings (SSSR count). The van der Waals surface area contributed by atoms with Gasteiger partial charge in [0.1, 0.15) is 0 Å². The molecule has 1 heterocycles. The van der Waals surface area contributed by atoms with E-state index in [-0.39, 0.29) is 0 Å². The minimum atomic E-state index is 0.830. The third kappa shape index (κ3) is 2.19. The molecule has 0 aliphatic carbocycles. The number of hydrogen-bond donors (Lipinski definition) is 1. The van der Waals surface area contributed by atoms with E-state index < -0.39 is 0 Å². The van der Waals surface area contributed by atoms with Crippen LogP contribution in [0.15, 0.2) is 48.5 Å². The highest BCUT2D eigenvalue weighted by Crippen LogP contribution is 2.20. The van der Waals surface area contributed by atoms with Gasteiger partial charge in [0.25, 0.3) is 0 Å². The average Bonchev–Trinajstić information content (AvgIpc) is 2.79. The van der Waals surface area contributed by atoms with E-state index in [2.05, 4.69) is 58.2 Å². The molecule has 3 nitrogen and oxygen atoms in total. The summed E-state index contributed by atoms with van der Waals surface area (Å²) in [4.78, 5) is 4.60. The minimum Gasteiger partial charge on any atom is -0.359 e. The van der Waals surface area contributed by atoms with Crippen LogP contribution in [0.2, 0.25) is 0 Å². The summed E-state index contributed by atoms with van der Waals surface area (Å²) in [6, 6.07) is 16.9. The van der Waals surface area contributed by atoms with E-state index in [0.29, 0.717) is 0 Å². The number of benzene rings is 2. The number of rotatable bonds is 3. The van der Waals surface area contributed by atoms with Crippen LogP contribution >= 0.6 is 0 Å². The highest BCUT2D eigenvalue weighted by atomic mass is 15.2. The van der Waals surface area contributed by atoms with Crippen molar-refractivity contribution >= 4 is 17.0 Å². The van der Waals surface area contributed by atoms with Gasteiger partial charge in [-0.2, -0.15) is 0 Å². The Hall–Kier alpha value is -2.29. The molecule has 0 saturated heterocycles. The molecule has 2 aromatic carbocycles. The largest absolute Gasteiger partial charge is 0.359 e. The summed E-state index contributed by atoms with van der Waals surface area (Å²) in [7, 11) is 1.91. The monoisotopic (exact) mass is 251 g/mol. The Bertz CT molecular complexity index is 696. The van der Waals surface area contributed by atoms with Crippen molar-refractivity contribution in [3.8, 4) is 0 Å². The Morgan fingerprint density at radius 2 is 1.79 bits per heavy atom. The Morgan fingerprint density at radius 3 is 2.53 bits per heavy atom. The number of aromatic nitrogens is 2. The van der Waals surface area contributed by atoms with Gasteiger partial charge in [0, 0.05) is 7.05 Å². The van der Waals surface area contributed by atoms with Gasteiger partial charge in [-0.3, -0.25) is 0 Å². The smallest absolute Gasteiger partial charge is 0.203 e. The molecule has 1 N–H and O–H groups in total. The van der Waals surface area contributed by atoms with Crippen molar-refractivity contribution in [2.24, 2.45) is 0 Å². The van der Waals surface area contributed by atoms with Gasteiger partial charge in [-0.15, -0.1) is 0 Å². The molecule has 0 saturated carbocycles. The maximum absolute atomic E-state index is 4.60. The number of nitrogens with zero attached hydrogens (tertiary/aromatic N) is 2. The van der Waals surface area contributed by atoms with Gasteiger partial charge >= 0.3 is 0 Å². The fourth-order valence-corrected chi connectivity index (χ4v) is 2.30. The van der Waals surface area contributed by atoms with Crippen molar-refractivity contribution in [3.05, 3.63) is 59.7 Å². The Labute approximate surface area is 112 Å². The molecule has 96 valence electrons. The van der Waals surface area contributed by atoms with Crippen LogP contribution in [0.3, 0.4) is 0 Å². The maximum Gasteiger partial charge on any atom is 0.203 e. The molecule has 0 aliphatic rings. The van der Waals surface area contributed by atoms with Gasteiger partial charge in [0.2, 0.25) is 5.95 Å². The van der Waals surface area contributed by atoms with Gasteiger partial charge in [-0.1, -0.05) is 42.0 Å². The Balaban J connectivity index is 2.06. The molecule has 19 heavy (non-hydrogen) atoms. The van der Waals surface area contributed by atoms with Crippen molar-refractivity contribution in [1.29, 1.82) is 0 Å². The molecule has 1 aromatic heterocycles. The van der Waals surface area contributed by atoms with Crippen LogP contribution in [0, 0.1) is 6.92 Å². The zero-order valence-corrected chi connectivity index (χ0v) is 11.2. The van der Waals surface area contributed by atoms with Crippen molar-refractivity contribution in [2.45, 2.75) is 13.5 Å². The number of aryl methyl sites for hydroxylation is 1. The zero-order valence-electron chi connectivity index (χ0n) is 11.2. The fraction of sp³-hybridized carbons (Fsp3) is 0.188. The van der Waals surface area contributed by atoms with Gasteiger partial charge in [0.05, 0.1) is 17.6 Å². The molecular formula is C16H17N3. The fourth-order valence-electron chi connectivity index (χ4n) is 2.30. The lowest BCUT2D eigenvalue weighted by Crippen LogP contribution is -2.04. The first-order chi connectivity index (χ1) is 9.28. The summed E-state index contributed by atoms with van der Waals surface area (Å²) in [5.41, 5.74) is 4.75. The van der Waals surface area contributed by atoms with Gasteiger partial charge < -0.3 is 9.88 Å². The molecule has 0 bridgehead atoms. The highest BCUT2D eigenvalue weighted by Gasteiger charge is 2.09. The number of anilines is 1. The van der Waals surface area contributed by atoms with E-state index in [1.165, 1.54) is 11.1 Å². The van der Waals surface area contributed by atoms with Crippen LogP contribution in [0.25, 0.3) is 11.0 Å². The van der Waals surface area contributed by atoms with E-state index in [1.807, 2.05) is 19.2 Å². The van der Waals surface area contributed by atoms with Crippen LogP contribution < -0.4 is 5.32 Å². The van der Waals surface area contributed by atoms with Gasteiger partial charge in [-0.25, -0.2) is 4.98 Å². The molecular weight excluding hydrogens is 234 g/mol. The minimum absolute atomic E-state index is 0.830. The average molecular weight is 251 g/mol. The van der Waals surface area contributed by atoms with Crippen LogP contribution in [0.5, 0.6) is 0 Å². The molecule has 0 spiro atoms. The summed E-state index contributed by atoms with van der Waals surface area (Å²) in [6.45, 7) is 2.94. The Kier molecular flexibility index (Phi) is 2.95. The SMILES string of the molecule is CNc1nc2ccccc2n1Cc1ccc(C)cc1. The standard InChI is InChI=1S/C16H17N3/c1-12-7-9-13(10-8-12)11-19-15-6-4-3-5-14(15)18-16(19)17-2/h3-10H,11H2,1-2H3,(H,17,18). The highest BCUT2D eigenvalue weighted by molar-refractivity contribution is 5.78. The van der Waals surface area contributed by atoms with Crippen LogP contribution in [-0.2, 0) is 6.54 Å². The number of imidazole rings is 1. The first-order valence-electron chi connectivity index (χ1n) is 6.46. The second-order valence-corrected chi connectivity index (χ2v) is 4.75. The van der Waals surface area contributed by atoms with Crippen LogP contribution in [0.4, 0.5) is 5.95 Å². The number of hydrogen-bond acceptors (Lipinski definition) is 2. The van der Waals surface area contributed by atoms with Crippen molar-refractivity contribution in [3.63, 3.8) is 0 Å². The van der Waals surface area contributed by atoms with E-state index in [9.17, 15) is 0 Å². The van der Waals surface area contributed by atoms with Crippen molar-refractivity contribution in [1.82, 2.24) is 9.55 Å². The summed E-state index contributed by atoms with van der Waals surface area (Å²) in [5, 5.41) is 3.17. The topological polar surface area (TPSA) is 29.9 Å². The van der Waals surface area contributed by atoms with Crippen LogP contribution in [0.1, 0.15) is 11.1 Å². The second kappa shape index (κ2) is 4.76. The normalized spacial score (nSPS) is 10.8. The molecule has 0 unspecified atom stereocenters. The predicted octanol–water partition coefficient (Wildman–Crippen LogP) is 3.43. The lowest BCUT2D eigenvalue weighted by atomic mass is 10.1. The molecule has 3 heteroatoms. The van der Waals surface area contributed by atoms with E-state index in [4.69, 9.17) is 0 Å². The van der Waals surface area contributed by atoms with E-state index in [1.54, 1.807) is 0 Å². The summed E-state index contributed by atoms with van der Waals surface area (Å²) < 4.78 is 2.21. The first-order valence-corrected chi connectivity index (χ1v) is 6.46. The molecule has 3 aromatic rings. The summed E-state index contributed by atoms with van der Waals surface area (Å²) in [5.74, 6) is 0.904. The third-order valence-electron chi connectivity index (χ3n) is 3.34. The third-order valence-corrected chi connectivity index (χ3v) is 3.34. The van der Waals surface area contributed by atoms with Crippen LogP contribution in [-0.4, -0.2) is 16.6 Å². The molecule has 0 radical (unpaired) electrons. The molecule has 0 aliphatic heterocycles. The summed E-state index contributed by atoms with van der Waals surface area (Å²) >= 11 is 0. The predicted molar refractivity (Wildman–Crippen MR) is 79.6 cm³/mol. The molecule has 0 amide bonds. The first kappa shape index (κ1) is 11.8. The maximum atomic E-state index is 4.60.